The van der Waals surface area contributed by atoms with Crippen molar-refractivity contribution < 1.29 is 14.7 Å². The van der Waals surface area contributed by atoms with Gasteiger partial charge in [0.05, 0.1) is 0 Å². The van der Waals surface area contributed by atoms with Crippen molar-refractivity contribution >= 4 is 11.9 Å². The molecule has 1 aromatic carbocycles. The number of carbonyl (C=O) groups excluding carboxylic acids is 1. The summed E-state index contributed by atoms with van der Waals surface area (Å²) in [5.74, 6) is -0.881. The summed E-state index contributed by atoms with van der Waals surface area (Å²) in [7, 11) is 0. The maximum Gasteiger partial charge on any atom is 0.326 e. The first kappa shape index (κ1) is 14.5. The minimum Gasteiger partial charge on any atom is -0.480 e. The molecule has 1 unspecified atom stereocenters. The summed E-state index contributed by atoms with van der Waals surface area (Å²) in [5.41, 5.74) is 6.76. The Morgan fingerprint density at radius 1 is 1.30 bits per heavy atom. The highest BCUT2D eigenvalue weighted by Gasteiger charge is 2.30. The lowest BCUT2D eigenvalue weighted by Gasteiger charge is -2.16. The van der Waals surface area contributed by atoms with E-state index in [0.717, 1.165) is 18.4 Å². The number of aliphatic carboxylic acids is 1. The van der Waals surface area contributed by atoms with Gasteiger partial charge in [0, 0.05) is 18.9 Å². The number of carboxylic acids is 1. The van der Waals surface area contributed by atoms with E-state index in [-0.39, 0.29) is 24.8 Å². The highest BCUT2D eigenvalue weighted by atomic mass is 16.4. The fourth-order valence-corrected chi connectivity index (χ4v) is 2.21. The third-order valence-corrected chi connectivity index (χ3v) is 3.56. The summed E-state index contributed by atoms with van der Waals surface area (Å²) in [6.45, 7) is 0. The molecular weight excluding hydrogens is 256 g/mol. The lowest BCUT2D eigenvalue weighted by molar-refractivity contribution is -0.141. The Morgan fingerprint density at radius 3 is 2.50 bits per heavy atom. The van der Waals surface area contributed by atoms with E-state index >= 15 is 0 Å². The Labute approximate surface area is 118 Å². The first-order valence-corrected chi connectivity index (χ1v) is 6.88. The molecule has 1 saturated carbocycles. The number of nitrogens with one attached hydrogen (secondary N) is 1. The van der Waals surface area contributed by atoms with Crippen LogP contribution in [0, 0.1) is 5.92 Å². The number of hydrogen-bond donors (Lipinski definition) is 3. The lowest BCUT2D eigenvalue weighted by atomic mass is 10.0. The molecule has 4 N–H and O–H groups in total. The van der Waals surface area contributed by atoms with Crippen LogP contribution in [0.2, 0.25) is 0 Å². The second-order valence-corrected chi connectivity index (χ2v) is 5.35. The zero-order valence-electron chi connectivity index (χ0n) is 11.3. The molecule has 0 saturated heterocycles. The third-order valence-electron chi connectivity index (χ3n) is 3.56. The third kappa shape index (κ3) is 4.35. The van der Waals surface area contributed by atoms with Crippen LogP contribution < -0.4 is 11.1 Å². The molecule has 5 heteroatoms. The summed E-state index contributed by atoms with van der Waals surface area (Å²) >= 11 is 0. The Morgan fingerprint density at radius 2 is 1.95 bits per heavy atom. The van der Waals surface area contributed by atoms with Crippen LogP contribution in [0.25, 0.3) is 0 Å². The zero-order chi connectivity index (χ0) is 14.5. The minimum absolute atomic E-state index is 0.152. The number of carbonyl (C=O) groups is 2. The monoisotopic (exact) mass is 276 g/mol. The molecule has 1 aliphatic rings. The van der Waals surface area contributed by atoms with Crippen molar-refractivity contribution in [3.8, 4) is 0 Å². The summed E-state index contributed by atoms with van der Waals surface area (Å²) in [5, 5.41) is 11.8. The van der Waals surface area contributed by atoms with E-state index in [1.165, 1.54) is 0 Å². The van der Waals surface area contributed by atoms with Gasteiger partial charge in [0.2, 0.25) is 5.91 Å². The lowest BCUT2D eigenvalue weighted by Crippen LogP contribution is -2.44. The highest BCUT2D eigenvalue weighted by molar-refractivity contribution is 5.84. The number of carboxylic acid groups (broad SMARTS) is 1. The molecule has 0 spiro atoms. The van der Waals surface area contributed by atoms with Crippen LogP contribution >= 0.6 is 0 Å². The quantitative estimate of drug-likeness (QED) is 0.690. The first-order valence-electron chi connectivity index (χ1n) is 6.88. The SMILES string of the molecule is NC(CC(=O)N[C@@H](Cc1ccccc1)C(=O)O)C1CC1. The van der Waals surface area contributed by atoms with Crippen molar-refractivity contribution in [2.75, 3.05) is 0 Å². The number of hydrogen-bond acceptors (Lipinski definition) is 3. The van der Waals surface area contributed by atoms with Crippen molar-refractivity contribution in [3.05, 3.63) is 35.9 Å². The number of rotatable bonds is 7. The molecule has 5 nitrogen and oxygen atoms in total. The smallest absolute Gasteiger partial charge is 0.326 e. The van der Waals surface area contributed by atoms with E-state index in [2.05, 4.69) is 5.32 Å². The van der Waals surface area contributed by atoms with Crippen LogP contribution in [0.3, 0.4) is 0 Å². The van der Waals surface area contributed by atoms with Crippen molar-refractivity contribution in [1.29, 1.82) is 0 Å². The van der Waals surface area contributed by atoms with Gasteiger partial charge in [0.15, 0.2) is 0 Å². The van der Waals surface area contributed by atoms with Crippen LogP contribution in [-0.2, 0) is 16.0 Å². The predicted octanol–water partition coefficient (Wildman–Crippen LogP) is 0.926. The number of nitrogens with two attached hydrogens (primary N) is 1. The summed E-state index contributed by atoms with van der Waals surface area (Å²) < 4.78 is 0. The van der Waals surface area contributed by atoms with Crippen LogP contribution in [0.5, 0.6) is 0 Å². The van der Waals surface area contributed by atoms with Gasteiger partial charge in [0.1, 0.15) is 6.04 Å². The summed E-state index contributed by atoms with van der Waals surface area (Å²) in [6, 6.07) is 8.19. The fraction of sp³-hybridized carbons (Fsp3) is 0.467. The van der Waals surface area contributed by atoms with Gasteiger partial charge in [-0.15, -0.1) is 0 Å². The molecule has 20 heavy (non-hydrogen) atoms. The van der Waals surface area contributed by atoms with Gasteiger partial charge >= 0.3 is 5.97 Å². The fourth-order valence-electron chi connectivity index (χ4n) is 2.21. The van der Waals surface area contributed by atoms with Crippen LogP contribution in [0.15, 0.2) is 30.3 Å². The Kier molecular flexibility index (Phi) is 4.74. The first-order chi connectivity index (χ1) is 9.56. The van der Waals surface area contributed by atoms with Crippen molar-refractivity contribution in [2.45, 2.75) is 37.8 Å². The van der Waals surface area contributed by atoms with Crippen molar-refractivity contribution in [2.24, 2.45) is 11.7 Å². The van der Waals surface area contributed by atoms with Gasteiger partial charge in [-0.2, -0.15) is 0 Å². The van der Waals surface area contributed by atoms with Crippen molar-refractivity contribution in [3.63, 3.8) is 0 Å². The molecule has 1 fully saturated rings. The summed E-state index contributed by atoms with van der Waals surface area (Å²) in [4.78, 5) is 23.1. The minimum atomic E-state index is -1.03. The topological polar surface area (TPSA) is 92.4 Å². The standard InChI is InChI=1S/C15H20N2O3/c16-12(11-6-7-11)9-14(18)17-13(15(19)20)8-10-4-2-1-3-5-10/h1-5,11-13H,6-9,16H2,(H,17,18)(H,19,20)/t12?,13-/m0/s1. The highest BCUT2D eigenvalue weighted by Crippen LogP contribution is 2.32. The zero-order valence-corrected chi connectivity index (χ0v) is 11.3. The molecule has 2 atom stereocenters. The van der Waals surface area contributed by atoms with E-state index in [1.807, 2.05) is 30.3 Å². The number of amides is 1. The van der Waals surface area contributed by atoms with Gasteiger partial charge in [-0.25, -0.2) is 4.79 Å². The normalized spacial score (nSPS) is 17.2. The second kappa shape index (κ2) is 6.52. The van der Waals surface area contributed by atoms with E-state index in [1.54, 1.807) is 0 Å². The van der Waals surface area contributed by atoms with Gasteiger partial charge in [-0.1, -0.05) is 30.3 Å². The molecule has 0 aromatic heterocycles. The van der Waals surface area contributed by atoms with E-state index in [9.17, 15) is 14.7 Å². The molecule has 0 bridgehead atoms. The molecule has 1 aromatic rings. The van der Waals surface area contributed by atoms with Gasteiger partial charge in [-0.3, -0.25) is 4.79 Å². The van der Waals surface area contributed by atoms with Gasteiger partial charge < -0.3 is 16.2 Å². The second-order valence-electron chi connectivity index (χ2n) is 5.35. The molecule has 0 aliphatic heterocycles. The average Bonchev–Trinajstić information content (AvgIpc) is 3.23. The molecule has 108 valence electrons. The molecular formula is C15H20N2O3. The molecule has 1 aliphatic carbocycles. The van der Waals surface area contributed by atoms with E-state index in [4.69, 9.17) is 5.73 Å². The van der Waals surface area contributed by atoms with Crippen molar-refractivity contribution in [1.82, 2.24) is 5.32 Å². The van der Waals surface area contributed by atoms with Gasteiger partial charge in [0.25, 0.3) is 0 Å². The van der Waals surface area contributed by atoms with E-state index < -0.39 is 12.0 Å². The van der Waals surface area contributed by atoms with Crippen LogP contribution in [0.4, 0.5) is 0 Å². The summed E-state index contributed by atoms with van der Waals surface area (Å²) in [6.07, 6.45) is 2.62. The molecule has 1 amide bonds. The molecule has 2 rings (SSSR count). The number of benzene rings is 1. The maximum atomic E-state index is 11.8. The van der Waals surface area contributed by atoms with E-state index in [0.29, 0.717) is 5.92 Å². The predicted molar refractivity (Wildman–Crippen MR) is 75.0 cm³/mol. The Balaban J connectivity index is 1.88. The van der Waals surface area contributed by atoms with Gasteiger partial charge in [-0.05, 0) is 24.3 Å². The van der Waals surface area contributed by atoms with Crippen LogP contribution in [0.1, 0.15) is 24.8 Å². The molecule has 0 heterocycles. The Hall–Kier alpha value is -1.88. The van der Waals surface area contributed by atoms with Crippen LogP contribution in [-0.4, -0.2) is 29.1 Å². The molecule has 0 radical (unpaired) electrons. The maximum absolute atomic E-state index is 11.8. The largest absolute Gasteiger partial charge is 0.480 e. The average molecular weight is 276 g/mol. The Bertz CT molecular complexity index is 471.